The second kappa shape index (κ2) is 185. The van der Waals surface area contributed by atoms with Crippen LogP contribution >= 0.6 is 0 Å². The first-order chi connectivity index (χ1) is 0. The Morgan fingerprint density at radius 2 is 0.500 bits per heavy atom. The van der Waals surface area contributed by atoms with Gasteiger partial charge in [-0.1, -0.05) is 0 Å². The van der Waals surface area contributed by atoms with E-state index in [4.69, 9.17) is 0 Å². The normalized spacial score (nSPS) is 0. The van der Waals surface area contributed by atoms with Crippen LogP contribution in [0.4, 0.5) is 0 Å². The Bertz CT molecular complexity index is 7.51. The zero-order valence-corrected chi connectivity index (χ0v) is 6.84. The maximum absolute atomic E-state index is 0. The quantitative estimate of drug-likeness (QED) is 0.422. The van der Waals surface area contributed by atoms with Crippen LogP contribution in [-0.4, -0.2) is 39.0 Å². The molecule has 0 heterocycles. The molecule has 0 atom stereocenters. The molecule has 47 valence electrons. The number of hydrogen-bond acceptors (Lipinski definition) is 4. The predicted molar refractivity (Wildman–Crippen MR) is 19.1 cm³/mol. The molecule has 0 aliphatic carbocycles. The molecule has 0 rings (SSSR count). The molecule has 0 spiro atoms. The van der Waals surface area contributed by atoms with E-state index in [1.807, 2.05) is 0 Å². The Hall–Kier alpha value is 0.866. The zero-order valence-electron chi connectivity index (χ0n) is 2.83. The van der Waals surface area contributed by atoms with Gasteiger partial charge in [0.2, 0.25) is 0 Å². The molecule has 0 fully saturated rings. The van der Waals surface area contributed by atoms with Crippen molar-refractivity contribution in [2.24, 2.45) is 0 Å². The van der Waals surface area contributed by atoms with Gasteiger partial charge in [0, 0.05) is 0 Å². The van der Waals surface area contributed by atoms with Crippen LogP contribution in [0.25, 0.3) is 0 Å². The fourth-order valence-electron chi connectivity index (χ4n) is 0. The van der Waals surface area contributed by atoms with Crippen molar-refractivity contribution in [3.8, 4) is 0 Å². The summed E-state index contributed by atoms with van der Waals surface area (Å²) in [6.45, 7) is 0. The van der Waals surface area contributed by atoms with E-state index in [1.54, 1.807) is 0 Å². The standard InChI is InChI=1S/Co.4H2O.H4Se/h;4*1H2;1H4/q+2;;;;;+2/p-4. The van der Waals surface area contributed by atoms with Crippen molar-refractivity contribution >= 4 is 17.1 Å². The van der Waals surface area contributed by atoms with Crippen LogP contribution in [0.5, 0.6) is 0 Å². The van der Waals surface area contributed by atoms with Gasteiger partial charge < -0.3 is 21.9 Å². The van der Waals surface area contributed by atoms with E-state index in [0.717, 1.165) is 0 Å². The van der Waals surface area contributed by atoms with Crippen LogP contribution in [0.15, 0.2) is 0 Å². The molecule has 1 radical (unpaired) electrons. The van der Waals surface area contributed by atoms with Crippen molar-refractivity contribution in [2.45, 2.75) is 0 Å². The van der Waals surface area contributed by atoms with Gasteiger partial charge in [-0.3, -0.25) is 0 Å². The van der Waals surface area contributed by atoms with E-state index in [0.29, 0.717) is 0 Å². The first-order valence-corrected chi connectivity index (χ1v) is 0. The molecule has 0 aromatic carbocycles. The van der Waals surface area contributed by atoms with Gasteiger partial charge in [-0.05, 0) is 0 Å². The third-order valence-corrected chi connectivity index (χ3v) is 0. The van der Waals surface area contributed by atoms with Gasteiger partial charge in [-0.15, -0.1) is 0 Å². The second-order valence-corrected chi connectivity index (χ2v) is 0. The van der Waals surface area contributed by atoms with Crippen molar-refractivity contribution in [3.05, 3.63) is 0 Å². The molecule has 0 amide bonds. The molecule has 0 unspecified atom stereocenters. The fourth-order valence-corrected chi connectivity index (χ4v) is 0. The summed E-state index contributed by atoms with van der Waals surface area (Å²) in [5, 5.41) is 0. The Kier molecular flexibility index (Phi) is 9730. The van der Waals surface area contributed by atoms with E-state index >= 15 is 0 Å². The molecule has 0 aliphatic heterocycles. The maximum atomic E-state index is 0. The monoisotopic (exact) mass is 211 g/mol. The topological polar surface area (TPSA) is 120 Å². The average Bonchev–Trinajstić information content (AvgIpc) is 0. The molecule has 4 nitrogen and oxygen atoms in total. The van der Waals surface area contributed by atoms with Crippen molar-refractivity contribution in [3.63, 3.8) is 0 Å². The average molecular weight is 210 g/mol. The van der Waals surface area contributed by atoms with Gasteiger partial charge in [0.15, 0.2) is 0 Å². The van der Waals surface area contributed by atoms with Crippen LogP contribution in [-0.2, 0) is 16.8 Å². The summed E-state index contributed by atoms with van der Waals surface area (Å²) >= 11 is 0. The third-order valence-electron chi connectivity index (χ3n) is 0. The van der Waals surface area contributed by atoms with E-state index in [1.165, 1.54) is 0 Å². The Labute approximate surface area is 56.2 Å². The second-order valence-electron chi connectivity index (χ2n) is 0. The summed E-state index contributed by atoms with van der Waals surface area (Å²) in [4.78, 5) is 0. The summed E-state index contributed by atoms with van der Waals surface area (Å²) in [5.74, 6) is 0. The molecule has 6 heavy (non-hydrogen) atoms. The van der Waals surface area contributed by atoms with E-state index in [2.05, 4.69) is 0 Å². The van der Waals surface area contributed by atoms with Crippen LogP contribution in [0.2, 0.25) is 0 Å². The van der Waals surface area contributed by atoms with Crippen LogP contribution < -0.4 is 0 Å². The molecule has 0 saturated carbocycles. The van der Waals surface area contributed by atoms with E-state index < -0.39 is 0 Å². The number of rotatable bonds is 0. The van der Waals surface area contributed by atoms with Crippen LogP contribution in [0, 0.1) is 0 Å². The summed E-state index contributed by atoms with van der Waals surface area (Å²) in [7, 11) is 0. The zero-order chi connectivity index (χ0) is 0. The third kappa shape index (κ3) is 97.0. The molecule has 0 aromatic rings. The first-order valence-electron chi connectivity index (χ1n) is 0. The van der Waals surface area contributed by atoms with Crippen molar-refractivity contribution in [1.82, 2.24) is 0 Å². The molecular weight excluding hydrogens is 202 g/mol. The first kappa shape index (κ1) is 315. The Morgan fingerprint density at radius 1 is 0.500 bits per heavy atom. The fraction of sp³-hybridized carbons (Fsp3) is 0. The van der Waals surface area contributed by atoms with Gasteiger partial charge in [-0.25, -0.2) is 0 Å². The molecule has 6 heteroatoms. The molecule has 0 bridgehead atoms. The molecular formula is H8CoO4Se. The predicted octanol–water partition coefficient (Wildman–Crippen LogP) is -2.16. The van der Waals surface area contributed by atoms with Gasteiger partial charge in [-0.2, -0.15) is 0 Å². The minimum atomic E-state index is 0. The van der Waals surface area contributed by atoms with E-state index in [9.17, 15) is 0 Å². The van der Waals surface area contributed by atoms with Gasteiger partial charge >= 0.3 is 33.8 Å². The number of hydrogen-bond donors (Lipinski definition) is 0. The summed E-state index contributed by atoms with van der Waals surface area (Å²) in [6, 6.07) is 0. The summed E-state index contributed by atoms with van der Waals surface area (Å²) < 4.78 is 0. The molecule has 0 aliphatic rings. The summed E-state index contributed by atoms with van der Waals surface area (Å²) in [5.41, 5.74) is 0. The Balaban J connectivity index is 0. The van der Waals surface area contributed by atoms with E-state index in [-0.39, 0.29) is 55.8 Å². The van der Waals surface area contributed by atoms with Gasteiger partial charge in [0.25, 0.3) is 0 Å². The molecule has 0 saturated heterocycles. The van der Waals surface area contributed by atoms with Gasteiger partial charge in [0.1, 0.15) is 0 Å². The Morgan fingerprint density at radius 3 is 0.500 bits per heavy atom. The molecule has 4 N–H and O–H groups in total. The van der Waals surface area contributed by atoms with Crippen LogP contribution in [0.1, 0.15) is 0 Å². The van der Waals surface area contributed by atoms with Crippen molar-refractivity contribution in [2.75, 3.05) is 0 Å². The molecule has 0 aromatic heterocycles. The summed E-state index contributed by atoms with van der Waals surface area (Å²) in [6.07, 6.45) is 0. The minimum absolute atomic E-state index is 0. The van der Waals surface area contributed by atoms with Crippen molar-refractivity contribution < 1.29 is 38.7 Å². The van der Waals surface area contributed by atoms with Crippen LogP contribution in [0.3, 0.4) is 0 Å². The van der Waals surface area contributed by atoms with Crippen molar-refractivity contribution in [1.29, 1.82) is 0 Å². The van der Waals surface area contributed by atoms with Gasteiger partial charge in [0.05, 0.1) is 0 Å². The SMILES string of the molecule is [Co+2].[OH-].[OH-].[OH-].[OH-].[SeH4+2].